The third-order valence-corrected chi connectivity index (χ3v) is 7.95. The number of benzene rings is 3. The molecule has 0 amide bonds. The third-order valence-electron chi connectivity index (χ3n) is 7.95. The molecule has 251 valence electrons. The second kappa shape index (κ2) is 15.8. The van der Waals surface area contributed by atoms with Crippen molar-refractivity contribution in [1.29, 1.82) is 0 Å². The van der Waals surface area contributed by atoms with Crippen molar-refractivity contribution in [2.24, 2.45) is 5.92 Å². The van der Waals surface area contributed by atoms with E-state index in [-0.39, 0.29) is 31.2 Å². The van der Waals surface area contributed by atoms with Crippen LogP contribution in [-0.4, -0.2) is 15.0 Å². The summed E-state index contributed by atoms with van der Waals surface area (Å²) in [5.41, 5.74) is 6.31. The average molecular weight is 829 g/mol. The quantitative estimate of drug-likeness (QED) is 0.150. The number of hydrogen-bond acceptors (Lipinski definition) is 4. The molecular weight excluding hydrogens is 779 g/mol. The first kappa shape index (κ1) is 27.4. The van der Waals surface area contributed by atoms with Gasteiger partial charge in [-0.2, -0.15) is 0 Å². The minimum Gasteiger partial charge on any atom is -0.486 e. The summed E-state index contributed by atoms with van der Waals surface area (Å²) in [5.74, 6) is -2.33. The molecule has 0 aliphatic rings. The van der Waals surface area contributed by atoms with Crippen LogP contribution in [-0.2, 0) is 26.5 Å². The molecule has 0 aliphatic heterocycles. The summed E-state index contributed by atoms with van der Waals surface area (Å²) in [4.78, 5) is 13.6. The van der Waals surface area contributed by atoms with E-state index in [1.807, 2.05) is 107 Å². The Balaban J connectivity index is 0.000000391. The van der Waals surface area contributed by atoms with Gasteiger partial charge < -0.3 is 14.4 Å². The zero-order valence-electron chi connectivity index (χ0n) is 35.5. The fourth-order valence-electron chi connectivity index (χ4n) is 5.71. The summed E-state index contributed by atoms with van der Waals surface area (Å²) < 4.78 is 65.4. The molecule has 4 heterocycles. The number of furan rings is 1. The van der Waals surface area contributed by atoms with E-state index in [1.165, 1.54) is 12.3 Å². The van der Waals surface area contributed by atoms with Crippen molar-refractivity contribution in [3.63, 3.8) is 0 Å². The molecule has 7 rings (SSSR count). The maximum Gasteiger partial charge on any atom is 0.216 e. The molecule has 0 atom stereocenters. The van der Waals surface area contributed by atoms with E-state index in [0.29, 0.717) is 28.2 Å². The van der Waals surface area contributed by atoms with Crippen LogP contribution in [0.25, 0.3) is 55.8 Å². The summed E-state index contributed by atoms with van der Waals surface area (Å²) >= 11 is 0. The van der Waals surface area contributed by atoms with E-state index < -0.39 is 30.9 Å². The molecule has 49 heavy (non-hydrogen) atoms. The molecule has 7 aromatic rings. The molecule has 0 fully saturated rings. The predicted octanol–water partition coefficient (Wildman–Crippen LogP) is 11.8. The Kier molecular flexibility index (Phi) is 8.86. The second-order valence-corrected chi connectivity index (χ2v) is 12.4. The zero-order valence-corrected chi connectivity index (χ0v) is 30.9. The summed E-state index contributed by atoms with van der Waals surface area (Å²) in [6, 6.07) is 34.4. The molecule has 1 radical (unpaired) electrons. The van der Waals surface area contributed by atoms with Crippen LogP contribution < -0.4 is 0 Å². The molecule has 0 aliphatic carbocycles. The van der Waals surface area contributed by atoms with Crippen LogP contribution in [0.15, 0.2) is 108 Å². The van der Waals surface area contributed by atoms with Crippen LogP contribution in [0.3, 0.4) is 0 Å². The molecule has 4 nitrogen and oxygen atoms in total. The van der Waals surface area contributed by atoms with E-state index in [2.05, 4.69) is 22.1 Å². The molecule has 0 saturated heterocycles. The van der Waals surface area contributed by atoms with Gasteiger partial charge in [-0.15, -0.1) is 54.1 Å². The zero-order chi connectivity index (χ0) is 39.9. The first-order valence-electron chi connectivity index (χ1n) is 19.6. The topological polar surface area (TPSA) is 51.8 Å². The molecule has 0 unspecified atom stereocenters. The molecule has 0 saturated carbocycles. The van der Waals surface area contributed by atoms with E-state index in [9.17, 15) is 0 Å². The van der Waals surface area contributed by atoms with Crippen LogP contribution in [0, 0.1) is 24.9 Å². The van der Waals surface area contributed by atoms with Gasteiger partial charge in [-0.1, -0.05) is 94.5 Å². The first-order chi connectivity index (χ1) is 25.8. The van der Waals surface area contributed by atoms with E-state index in [1.54, 1.807) is 26.1 Å². The number of pyridine rings is 3. The van der Waals surface area contributed by atoms with Crippen LogP contribution in [0.5, 0.6) is 0 Å². The van der Waals surface area contributed by atoms with Gasteiger partial charge in [0.2, 0.25) is 5.71 Å². The maximum absolute atomic E-state index is 8.79. The van der Waals surface area contributed by atoms with E-state index >= 15 is 0 Å². The van der Waals surface area contributed by atoms with Crippen molar-refractivity contribution in [2.45, 2.75) is 66.6 Å². The first-order valence-corrected chi connectivity index (χ1v) is 16.1. The van der Waals surface area contributed by atoms with Gasteiger partial charge in [0.25, 0.3) is 0 Å². The van der Waals surface area contributed by atoms with Gasteiger partial charge >= 0.3 is 0 Å². The van der Waals surface area contributed by atoms with Crippen LogP contribution in [0.4, 0.5) is 0 Å². The number of aryl methyl sites for hydroxylation is 1. The maximum atomic E-state index is 8.79. The Bertz CT molecular complexity index is 2380. The Morgan fingerprint density at radius 1 is 0.776 bits per heavy atom. The van der Waals surface area contributed by atoms with Crippen LogP contribution in [0.2, 0.25) is 0 Å². The van der Waals surface area contributed by atoms with Crippen molar-refractivity contribution >= 4 is 22.1 Å². The van der Waals surface area contributed by atoms with Crippen molar-refractivity contribution in [1.82, 2.24) is 15.0 Å². The standard InChI is InChI=1S/C33H35N2O.C11H8N.Ir/c1-19(2)16-23-18-34-30(17-22(23)7)28-13-9-12-26-27-14-15-29(35-33(27)36-32(26)28)31-24(20(3)4)10-8-11-25(31)21(5)6;1-2-6-10(7-3-1)11-8-4-5-9-12-11;/h8-12,14-15,17-21H,16H2,1-7H3;1-6,8-9H;/q2*-1;/i7D3,16D2,20D,21D;;. The van der Waals surface area contributed by atoms with Crippen molar-refractivity contribution in [2.75, 3.05) is 0 Å². The van der Waals surface area contributed by atoms with E-state index in [0.717, 1.165) is 38.7 Å². The third kappa shape index (κ3) is 7.90. The van der Waals surface area contributed by atoms with Gasteiger partial charge in [-0.3, -0.25) is 0 Å². The molecule has 0 spiro atoms. The number of fused-ring (bicyclic) bond motifs is 3. The Hall–Kier alpha value is -4.44. The normalized spacial score (nSPS) is 14.3. The predicted molar refractivity (Wildman–Crippen MR) is 199 cm³/mol. The smallest absolute Gasteiger partial charge is 0.216 e. The molecule has 0 N–H and O–H groups in total. The molecule has 4 aromatic heterocycles. The Labute approximate surface area is 314 Å². The fraction of sp³-hybridized carbons (Fsp3) is 0.250. The van der Waals surface area contributed by atoms with Gasteiger partial charge in [0.15, 0.2) is 0 Å². The SMILES string of the molecule is [2H]C([2H])([2H])c1cc(-c2[c-]ccc3c2oc2nc(-c4c(C([2H])(C)C)cccc4C([2H])(C)C)ccc23)ncc1C([2H])([2H])C(C)C.[Ir].[c-]1ccccc1-c1ccccn1. The number of nitrogens with zero attached hydrogens (tertiary/aromatic N) is 3. The minimum absolute atomic E-state index is 0. The van der Waals surface area contributed by atoms with Crippen molar-refractivity contribution in [3.05, 3.63) is 138 Å². The second-order valence-electron chi connectivity index (χ2n) is 12.4. The average Bonchev–Trinajstić information content (AvgIpc) is 3.52. The van der Waals surface area contributed by atoms with Crippen LogP contribution >= 0.6 is 0 Å². The fourth-order valence-corrected chi connectivity index (χ4v) is 5.71. The summed E-state index contributed by atoms with van der Waals surface area (Å²) in [7, 11) is 0. The van der Waals surface area contributed by atoms with Gasteiger partial charge in [0, 0.05) is 53.0 Å². The summed E-state index contributed by atoms with van der Waals surface area (Å²) in [6.45, 7) is 8.10. The van der Waals surface area contributed by atoms with Crippen molar-refractivity contribution < 1.29 is 34.1 Å². The molecule has 5 heteroatoms. The molecular formula is C44H43IrN3O-2. The van der Waals surface area contributed by atoms with Crippen molar-refractivity contribution in [3.8, 4) is 33.8 Å². The van der Waals surface area contributed by atoms with E-state index in [4.69, 9.17) is 19.0 Å². The van der Waals surface area contributed by atoms with Crippen LogP contribution in [0.1, 0.15) is 85.2 Å². The monoisotopic (exact) mass is 829 g/mol. The van der Waals surface area contributed by atoms with Gasteiger partial charge in [-0.05, 0) is 77.2 Å². The largest absolute Gasteiger partial charge is 0.486 e. The number of aromatic nitrogens is 3. The summed E-state index contributed by atoms with van der Waals surface area (Å²) in [5, 5.41) is 1.49. The molecule has 3 aromatic carbocycles. The minimum atomic E-state index is -2.56. The number of hydrogen-bond donors (Lipinski definition) is 0. The molecule has 0 bridgehead atoms. The Morgan fingerprint density at radius 3 is 2.20 bits per heavy atom. The Morgan fingerprint density at radius 2 is 1.55 bits per heavy atom. The van der Waals surface area contributed by atoms with Gasteiger partial charge in [0.1, 0.15) is 0 Å². The number of rotatable bonds is 7. The van der Waals surface area contributed by atoms with Gasteiger partial charge in [-0.25, -0.2) is 4.98 Å². The van der Waals surface area contributed by atoms with Gasteiger partial charge in [0.05, 0.1) is 11.3 Å². The summed E-state index contributed by atoms with van der Waals surface area (Å²) in [6.07, 6.45) is 1.21.